The van der Waals surface area contributed by atoms with Gasteiger partial charge in [0.05, 0.1) is 19.4 Å². The first-order valence-electron chi connectivity index (χ1n) is 9.91. The Morgan fingerprint density at radius 2 is 1.64 bits per heavy atom. The minimum atomic E-state index is 0.490. The van der Waals surface area contributed by atoms with Gasteiger partial charge in [-0.05, 0) is 41.2 Å². The SMILES string of the molecule is C(=C1\CCC(/C=N/OCc2ccccc2)=C1N1CCOCC1)/c1ccccc1. The second-order valence-corrected chi connectivity index (χ2v) is 7.05. The first-order valence-corrected chi connectivity index (χ1v) is 9.91. The van der Waals surface area contributed by atoms with Gasteiger partial charge in [-0.3, -0.25) is 0 Å². The topological polar surface area (TPSA) is 34.1 Å². The Hall–Kier alpha value is -2.85. The Morgan fingerprint density at radius 3 is 2.39 bits per heavy atom. The summed E-state index contributed by atoms with van der Waals surface area (Å²) in [5.74, 6) is 0. The summed E-state index contributed by atoms with van der Waals surface area (Å²) >= 11 is 0. The van der Waals surface area contributed by atoms with Crippen molar-refractivity contribution in [2.45, 2.75) is 19.4 Å². The van der Waals surface area contributed by atoms with E-state index in [4.69, 9.17) is 9.57 Å². The van der Waals surface area contributed by atoms with E-state index in [0.717, 1.165) is 44.7 Å². The van der Waals surface area contributed by atoms with Gasteiger partial charge in [-0.15, -0.1) is 0 Å². The zero-order chi connectivity index (χ0) is 19.0. The average molecular weight is 374 g/mol. The highest BCUT2D eigenvalue weighted by molar-refractivity contribution is 5.83. The molecule has 0 amide bonds. The Bertz CT molecular complexity index is 851. The smallest absolute Gasteiger partial charge is 0.142 e. The highest BCUT2D eigenvalue weighted by atomic mass is 16.6. The van der Waals surface area contributed by atoms with Gasteiger partial charge in [0.2, 0.25) is 0 Å². The molecule has 4 nitrogen and oxygen atoms in total. The lowest BCUT2D eigenvalue weighted by molar-refractivity contribution is 0.0548. The third-order valence-electron chi connectivity index (χ3n) is 5.10. The van der Waals surface area contributed by atoms with Crippen LogP contribution in [0.25, 0.3) is 6.08 Å². The maximum absolute atomic E-state index is 5.55. The summed E-state index contributed by atoms with van der Waals surface area (Å²) < 4.78 is 5.55. The summed E-state index contributed by atoms with van der Waals surface area (Å²) in [6.45, 7) is 3.88. The third-order valence-corrected chi connectivity index (χ3v) is 5.10. The zero-order valence-corrected chi connectivity index (χ0v) is 16.1. The summed E-state index contributed by atoms with van der Waals surface area (Å²) in [7, 11) is 0. The molecule has 4 rings (SSSR count). The van der Waals surface area contributed by atoms with Crippen LogP contribution in [0, 0.1) is 0 Å². The van der Waals surface area contributed by atoms with Crippen LogP contribution in [0.3, 0.4) is 0 Å². The van der Waals surface area contributed by atoms with Gasteiger partial charge >= 0.3 is 0 Å². The minimum Gasteiger partial charge on any atom is -0.391 e. The molecule has 144 valence electrons. The number of allylic oxidation sites excluding steroid dienone is 2. The van der Waals surface area contributed by atoms with Gasteiger partial charge in [0.15, 0.2) is 0 Å². The van der Waals surface area contributed by atoms with Gasteiger partial charge in [-0.2, -0.15) is 0 Å². The molecule has 1 aliphatic carbocycles. The van der Waals surface area contributed by atoms with Gasteiger partial charge in [0.1, 0.15) is 6.61 Å². The molecule has 0 saturated carbocycles. The maximum atomic E-state index is 5.55. The normalized spacial score (nSPS) is 19.0. The van der Waals surface area contributed by atoms with Crippen LogP contribution in [0.15, 0.2) is 82.7 Å². The van der Waals surface area contributed by atoms with Gasteiger partial charge in [0, 0.05) is 18.8 Å². The van der Waals surface area contributed by atoms with Crippen LogP contribution in [0.5, 0.6) is 0 Å². The standard InChI is InChI=1S/C24H26N2O2/c1-3-7-20(8-4-1)17-22-11-12-23(24(22)26-13-15-27-16-14-26)18-25-28-19-21-9-5-2-6-10-21/h1-10,17-18H,11-16,19H2/b22-17-,25-18+. The number of benzene rings is 2. The van der Waals surface area contributed by atoms with E-state index in [9.17, 15) is 0 Å². The fourth-order valence-corrected chi connectivity index (χ4v) is 3.71. The number of rotatable bonds is 6. The predicted octanol–water partition coefficient (Wildman–Crippen LogP) is 4.65. The van der Waals surface area contributed by atoms with Crippen LogP contribution in [0.4, 0.5) is 0 Å². The first kappa shape index (κ1) is 18.5. The lowest BCUT2D eigenvalue weighted by atomic mass is 10.1. The average Bonchev–Trinajstić information content (AvgIpc) is 3.15. The van der Waals surface area contributed by atoms with E-state index in [1.807, 2.05) is 36.5 Å². The number of oxime groups is 1. The van der Waals surface area contributed by atoms with E-state index < -0.39 is 0 Å². The van der Waals surface area contributed by atoms with Crippen molar-refractivity contribution in [1.82, 2.24) is 4.90 Å². The maximum Gasteiger partial charge on any atom is 0.142 e. The van der Waals surface area contributed by atoms with E-state index >= 15 is 0 Å². The number of ether oxygens (including phenoxy) is 1. The van der Waals surface area contributed by atoms with Crippen molar-refractivity contribution in [3.8, 4) is 0 Å². The fraction of sp³-hybridized carbons (Fsp3) is 0.292. The number of hydrogen-bond donors (Lipinski definition) is 0. The largest absolute Gasteiger partial charge is 0.391 e. The van der Waals surface area contributed by atoms with Crippen molar-refractivity contribution in [3.63, 3.8) is 0 Å². The van der Waals surface area contributed by atoms with E-state index in [1.54, 1.807) is 0 Å². The van der Waals surface area contributed by atoms with Crippen molar-refractivity contribution in [2.24, 2.45) is 5.16 Å². The van der Waals surface area contributed by atoms with Crippen LogP contribution in [0.2, 0.25) is 0 Å². The molecule has 2 aromatic rings. The predicted molar refractivity (Wildman–Crippen MR) is 113 cm³/mol. The number of hydrogen-bond acceptors (Lipinski definition) is 4. The minimum absolute atomic E-state index is 0.490. The second-order valence-electron chi connectivity index (χ2n) is 7.05. The van der Waals surface area contributed by atoms with E-state index in [0.29, 0.717) is 6.61 Å². The number of nitrogens with zero attached hydrogens (tertiary/aromatic N) is 2. The molecule has 0 atom stereocenters. The lowest BCUT2D eigenvalue weighted by Gasteiger charge is -2.31. The van der Waals surface area contributed by atoms with Gasteiger partial charge in [-0.1, -0.05) is 65.8 Å². The highest BCUT2D eigenvalue weighted by Crippen LogP contribution is 2.35. The summed E-state index contributed by atoms with van der Waals surface area (Å²) in [4.78, 5) is 7.98. The first-order chi connectivity index (χ1) is 13.9. The van der Waals surface area contributed by atoms with Crippen molar-refractivity contribution in [2.75, 3.05) is 26.3 Å². The van der Waals surface area contributed by atoms with Gasteiger partial charge in [0.25, 0.3) is 0 Å². The van der Waals surface area contributed by atoms with Crippen LogP contribution < -0.4 is 0 Å². The molecule has 1 aliphatic heterocycles. The summed E-state index contributed by atoms with van der Waals surface area (Å²) in [5.41, 5.74) is 6.29. The quantitative estimate of drug-likeness (QED) is 0.545. The Labute approximate surface area is 166 Å². The van der Waals surface area contributed by atoms with Crippen molar-refractivity contribution in [3.05, 3.63) is 88.6 Å². The summed E-state index contributed by atoms with van der Waals surface area (Å²) in [6.07, 6.45) is 6.22. The lowest BCUT2D eigenvalue weighted by Crippen LogP contribution is -2.36. The molecule has 4 heteroatoms. The van der Waals surface area contributed by atoms with Crippen molar-refractivity contribution >= 4 is 12.3 Å². The number of morpholine rings is 1. The monoisotopic (exact) mass is 374 g/mol. The Kier molecular flexibility index (Phi) is 6.20. The van der Waals surface area contributed by atoms with Gasteiger partial charge in [-0.25, -0.2) is 0 Å². The van der Waals surface area contributed by atoms with Crippen LogP contribution in [0.1, 0.15) is 24.0 Å². The third kappa shape index (κ3) is 4.70. The molecule has 1 saturated heterocycles. The van der Waals surface area contributed by atoms with Crippen molar-refractivity contribution in [1.29, 1.82) is 0 Å². The van der Waals surface area contributed by atoms with Crippen LogP contribution >= 0.6 is 0 Å². The summed E-state index contributed by atoms with van der Waals surface area (Å²) in [6, 6.07) is 20.6. The molecule has 0 bridgehead atoms. The molecule has 0 spiro atoms. The van der Waals surface area contributed by atoms with Crippen molar-refractivity contribution < 1.29 is 9.57 Å². The van der Waals surface area contributed by atoms with E-state index in [2.05, 4.69) is 46.5 Å². The van der Waals surface area contributed by atoms with Crippen LogP contribution in [-0.4, -0.2) is 37.4 Å². The Morgan fingerprint density at radius 1 is 0.929 bits per heavy atom. The molecule has 1 fully saturated rings. The van der Waals surface area contributed by atoms with E-state index in [-0.39, 0.29) is 0 Å². The molecule has 0 N–H and O–H groups in total. The molecule has 2 aliphatic rings. The fourth-order valence-electron chi connectivity index (χ4n) is 3.71. The molecule has 28 heavy (non-hydrogen) atoms. The molecule has 0 unspecified atom stereocenters. The molecular weight excluding hydrogens is 348 g/mol. The summed E-state index contributed by atoms with van der Waals surface area (Å²) in [5, 5.41) is 4.27. The van der Waals surface area contributed by atoms with Gasteiger partial charge < -0.3 is 14.5 Å². The molecular formula is C24H26N2O2. The molecule has 1 heterocycles. The van der Waals surface area contributed by atoms with E-state index in [1.165, 1.54) is 22.4 Å². The molecule has 0 radical (unpaired) electrons. The highest BCUT2D eigenvalue weighted by Gasteiger charge is 2.25. The van der Waals surface area contributed by atoms with Crippen LogP contribution in [-0.2, 0) is 16.2 Å². The molecule has 0 aromatic heterocycles. The Balaban J connectivity index is 1.53. The molecule has 2 aromatic carbocycles. The second kappa shape index (κ2) is 9.38. The zero-order valence-electron chi connectivity index (χ0n) is 16.1.